The molecule has 1 aromatic heterocycles. The first-order chi connectivity index (χ1) is 11.5. The number of likely N-dealkylation sites (N-methyl/N-ethyl adjacent to an activating group) is 1. The number of hydrogen-bond acceptors (Lipinski definition) is 3. The Morgan fingerprint density at radius 1 is 1.12 bits per heavy atom. The van der Waals surface area contributed by atoms with Crippen LogP contribution in [0, 0.1) is 0 Å². The fourth-order valence-electron chi connectivity index (χ4n) is 4.22. The summed E-state index contributed by atoms with van der Waals surface area (Å²) in [5.74, 6) is 0. The first-order valence-electron chi connectivity index (χ1n) is 8.84. The third-order valence-electron chi connectivity index (χ3n) is 5.78. The molecule has 4 rings (SSSR count). The summed E-state index contributed by atoms with van der Waals surface area (Å²) in [6, 6.07) is 6.17. The van der Waals surface area contributed by atoms with Crippen molar-refractivity contribution in [3.8, 4) is 0 Å². The monoisotopic (exact) mass is 347 g/mol. The lowest BCUT2D eigenvalue weighted by molar-refractivity contribution is -0.0288. The zero-order valence-corrected chi connectivity index (χ0v) is 15.3. The lowest BCUT2D eigenvalue weighted by atomic mass is 9.91. The van der Waals surface area contributed by atoms with Crippen LogP contribution in [0.1, 0.15) is 24.1 Å². The molecule has 1 aromatic carbocycles. The number of likely N-dealkylation sites (tertiary alicyclic amines) is 1. The van der Waals surface area contributed by atoms with E-state index in [9.17, 15) is 5.11 Å². The van der Waals surface area contributed by atoms with Gasteiger partial charge in [-0.1, -0.05) is 11.6 Å². The minimum Gasteiger partial charge on any atom is -0.388 e. The number of aromatic nitrogens is 1. The Labute approximate surface area is 148 Å². The first kappa shape index (κ1) is 16.4. The van der Waals surface area contributed by atoms with Crippen molar-refractivity contribution in [2.75, 3.05) is 33.7 Å². The van der Waals surface area contributed by atoms with Gasteiger partial charge < -0.3 is 19.5 Å². The summed E-state index contributed by atoms with van der Waals surface area (Å²) in [6.07, 6.45) is 2.71. The van der Waals surface area contributed by atoms with E-state index in [-0.39, 0.29) is 0 Å². The average molecular weight is 348 g/mol. The Balaban J connectivity index is 1.77. The van der Waals surface area contributed by atoms with Gasteiger partial charge in [-0.3, -0.25) is 0 Å². The Morgan fingerprint density at radius 2 is 1.88 bits per heavy atom. The van der Waals surface area contributed by atoms with Gasteiger partial charge >= 0.3 is 0 Å². The summed E-state index contributed by atoms with van der Waals surface area (Å²) in [5, 5.41) is 13.2. The highest BCUT2D eigenvalue weighted by molar-refractivity contribution is 6.31. The van der Waals surface area contributed by atoms with Crippen LogP contribution < -0.4 is 0 Å². The SMILES string of the molecule is CN1CCC(O)(Cn2c3c(c4cc(Cl)ccc42)CN(C)CC3)CC1. The highest BCUT2D eigenvalue weighted by Crippen LogP contribution is 2.35. The maximum Gasteiger partial charge on any atom is 0.0850 e. The van der Waals surface area contributed by atoms with Crippen LogP contribution >= 0.6 is 11.6 Å². The Morgan fingerprint density at radius 3 is 2.62 bits per heavy atom. The van der Waals surface area contributed by atoms with E-state index in [1.54, 1.807) is 0 Å². The molecule has 130 valence electrons. The number of fused-ring (bicyclic) bond motifs is 3. The molecule has 0 radical (unpaired) electrons. The van der Waals surface area contributed by atoms with Gasteiger partial charge in [0.15, 0.2) is 0 Å². The fourth-order valence-corrected chi connectivity index (χ4v) is 4.40. The van der Waals surface area contributed by atoms with Crippen molar-refractivity contribution in [2.45, 2.75) is 38.0 Å². The molecule has 0 amide bonds. The number of nitrogens with zero attached hydrogens (tertiary/aromatic N) is 3. The summed E-state index contributed by atoms with van der Waals surface area (Å²) in [5.41, 5.74) is 3.39. The molecule has 2 aliphatic heterocycles. The van der Waals surface area contributed by atoms with E-state index in [1.165, 1.54) is 22.2 Å². The van der Waals surface area contributed by atoms with Gasteiger partial charge in [-0.05, 0) is 50.7 Å². The molecule has 0 aliphatic carbocycles. The van der Waals surface area contributed by atoms with Gasteiger partial charge in [-0.2, -0.15) is 0 Å². The van der Waals surface area contributed by atoms with Crippen LogP contribution in [-0.2, 0) is 19.5 Å². The van der Waals surface area contributed by atoms with E-state index in [0.29, 0.717) is 6.54 Å². The van der Waals surface area contributed by atoms with E-state index < -0.39 is 5.60 Å². The molecular formula is C19H26ClN3O. The van der Waals surface area contributed by atoms with E-state index >= 15 is 0 Å². The van der Waals surface area contributed by atoms with Crippen LogP contribution in [0.25, 0.3) is 10.9 Å². The molecule has 0 unspecified atom stereocenters. The number of rotatable bonds is 2. The lowest BCUT2D eigenvalue weighted by Crippen LogP contribution is -2.45. The zero-order chi connectivity index (χ0) is 16.9. The maximum atomic E-state index is 11.1. The number of aliphatic hydroxyl groups is 1. The standard InChI is InChI=1S/C19H26ClN3O/c1-21-9-6-19(24,7-10-21)13-23-17-4-3-14(20)11-15(17)16-12-22(2)8-5-18(16)23/h3-4,11,24H,5-10,12-13H2,1-2H3. The predicted molar refractivity (Wildman–Crippen MR) is 98.7 cm³/mol. The molecule has 2 aliphatic rings. The minimum absolute atomic E-state index is 0.602. The van der Waals surface area contributed by atoms with Gasteiger partial charge in [0, 0.05) is 54.2 Å². The van der Waals surface area contributed by atoms with Crippen LogP contribution in [0.15, 0.2) is 18.2 Å². The van der Waals surface area contributed by atoms with Gasteiger partial charge in [0.05, 0.1) is 12.1 Å². The molecule has 0 bridgehead atoms. The smallest absolute Gasteiger partial charge is 0.0850 e. The summed E-state index contributed by atoms with van der Waals surface area (Å²) >= 11 is 6.26. The van der Waals surface area contributed by atoms with Gasteiger partial charge in [-0.25, -0.2) is 0 Å². The number of halogens is 1. The van der Waals surface area contributed by atoms with Crippen molar-refractivity contribution in [1.29, 1.82) is 0 Å². The highest BCUT2D eigenvalue weighted by atomic mass is 35.5. The predicted octanol–water partition coefficient (Wildman–Crippen LogP) is 2.74. The number of piperidine rings is 1. The zero-order valence-electron chi connectivity index (χ0n) is 14.6. The van der Waals surface area contributed by atoms with Crippen LogP contribution in [0.5, 0.6) is 0 Å². The number of benzene rings is 1. The second-order valence-corrected chi connectivity index (χ2v) is 8.12. The third-order valence-corrected chi connectivity index (χ3v) is 6.01. The van der Waals surface area contributed by atoms with Crippen LogP contribution in [-0.4, -0.2) is 58.8 Å². The van der Waals surface area contributed by atoms with Gasteiger partial charge in [0.25, 0.3) is 0 Å². The second kappa shape index (κ2) is 6.03. The van der Waals surface area contributed by atoms with Crippen molar-refractivity contribution >= 4 is 22.5 Å². The molecular weight excluding hydrogens is 322 g/mol. The van der Waals surface area contributed by atoms with Crippen LogP contribution in [0.2, 0.25) is 5.02 Å². The topological polar surface area (TPSA) is 31.6 Å². The van der Waals surface area contributed by atoms with Crippen molar-refractivity contribution in [1.82, 2.24) is 14.4 Å². The Bertz CT molecular complexity index is 762. The molecule has 0 atom stereocenters. The number of hydrogen-bond donors (Lipinski definition) is 1. The van der Waals surface area contributed by atoms with Gasteiger partial charge in [0.2, 0.25) is 0 Å². The van der Waals surface area contributed by atoms with Crippen molar-refractivity contribution in [2.24, 2.45) is 0 Å². The van der Waals surface area contributed by atoms with Gasteiger partial charge in [0.1, 0.15) is 0 Å². The van der Waals surface area contributed by atoms with E-state index in [4.69, 9.17) is 11.6 Å². The quantitative estimate of drug-likeness (QED) is 0.906. The van der Waals surface area contributed by atoms with E-state index in [2.05, 4.69) is 40.6 Å². The summed E-state index contributed by atoms with van der Waals surface area (Å²) < 4.78 is 2.37. The highest BCUT2D eigenvalue weighted by Gasteiger charge is 2.34. The molecule has 24 heavy (non-hydrogen) atoms. The average Bonchev–Trinajstić information content (AvgIpc) is 2.83. The van der Waals surface area contributed by atoms with E-state index in [1.807, 2.05) is 6.07 Å². The summed E-state index contributed by atoms with van der Waals surface area (Å²) in [7, 11) is 4.30. The Kier molecular flexibility index (Phi) is 4.12. The largest absolute Gasteiger partial charge is 0.388 e. The summed E-state index contributed by atoms with van der Waals surface area (Å²) in [6.45, 7) is 4.65. The molecule has 1 fully saturated rings. The molecule has 2 aromatic rings. The summed E-state index contributed by atoms with van der Waals surface area (Å²) in [4.78, 5) is 4.66. The van der Waals surface area contributed by atoms with Crippen LogP contribution in [0.3, 0.4) is 0 Å². The molecule has 0 spiro atoms. The molecule has 3 heterocycles. The lowest BCUT2D eigenvalue weighted by Gasteiger charge is -2.37. The minimum atomic E-state index is -0.602. The molecule has 1 saturated heterocycles. The van der Waals surface area contributed by atoms with Gasteiger partial charge in [-0.15, -0.1) is 0 Å². The molecule has 0 saturated carbocycles. The molecule has 5 heteroatoms. The second-order valence-electron chi connectivity index (χ2n) is 7.69. The molecule has 1 N–H and O–H groups in total. The van der Waals surface area contributed by atoms with Crippen LogP contribution in [0.4, 0.5) is 0 Å². The normalized spacial score (nSPS) is 22.0. The first-order valence-corrected chi connectivity index (χ1v) is 9.22. The Hall–Kier alpha value is -1.07. The van der Waals surface area contributed by atoms with Crippen molar-refractivity contribution in [3.05, 3.63) is 34.5 Å². The molecule has 4 nitrogen and oxygen atoms in total. The third kappa shape index (κ3) is 2.86. The maximum absolute atomic E-state index is 11.1. The van der Waals surface area contributed by atoms with Crippen molar-refractivity contribution < 1.29 is 5.11 Å². The van der Waals surface area contributed by atoms with Crippen molar-refractivity contribution in [3.63, 3.8) is 0 Å². The van der Waals surface area contributed by atoms with E-state index in [0.717, 1.165) is 50.5 Å². The fraction of sp³-hybridized carbons (Fsp3) is 0.579.